The molecule has 0 bridgehead atoms. The number of nitrogens with zero attached hydrogens (tertiary/aromatic N) is 2. The Bertz CT molecular complexity index is 792. The van der Waals surface area contributed by atoms with Crippen molar-refractivity contribution < 1.29 is 0 Å². The van der Waals surface area contributed by atoms with Crippen molar-refractivity contribution in [1.29, 1.82) is 0 Å². The smallest absolute Gasteiger partial charge is 0.111 e. The molecule has 0 saturated carbocycles. The van der Waals surface area contributed by atoms with E-state index < -0.39 is 0 Å². The molecule has 3 aromatic rings. The fourth-order valence-electron chi connectivity index (χ4n) is 2.64. The molecule has 4 heteroatoms. The Morgan fingerprint density at radius 1 is 1.19 bits per heavy atom. The van der Waals surface area contributed by atoms with Crippen molar-refractivity contribution in [3.8, 4) is 0 Å². The molecule has 0 aliphatic rings. The number of halogens is 1. The van der Waals surface area contributed by atoms with Gasteiger partial charge in [0.1, 0.15) is 5.82 Å². The minimum absolute atomic E-state index is 0.0349. The lowest BCUT2D eigenvalue weighted by atomic mass is 10.0. The van der Waals surface area contributed by atoms with Gasteiger partial charge in [-0.3, -0.25) is 0 Å². The lowest BCUT2D eigenvalue weighted by Gasteiger charge is -2.15. The number of para-hydroxylation sites is 2. The highest BCUT2D eigenvalue weighted by atomic mass is 127. The van der Waals surface area contributed by atoms with E-state index in [2.05, 4.69) is 65.4 Å². The van der Waals surface area contributed by atoms with E-state index in [1.54, 1.807) is 0 Å². The number of benzene rings is 2. The summed E-state index contributed by atoms with van der Waals surface area (Å²) in [6.07, 6.45) is 0.741. The number of hydrogen-bond acceptors (Lipinski definition) is 2. The number of nitrogens with two attached hydrogens (primary N) is 1. The highest BCUT2D eigenvalue weighted by Crippen LogP contribution is 2.25. The van der Waals surface area contributed by atoms with Gasteiger partial charge in [0.2, 0.25) is 0 Å². The summed E-state index contributed by atoms with van der Waals surface area (Å²) < 4.78 is 3.39. The van der Waals surface area contributed by atoms with Crippen LogP contribution in [0.1, 0.15) is 23.0 Å². The van der Waals surface area contributed by atoms with Crippen molar-refractivity contribution in [3.63, 3.8) is 0 Å². The summed E-state index contributed by atoms with van der Waals surface area (Å²) >= 11 is 2.38. The summed E-state index contributed by atoms with van der Waals surface area (Å²) in [4.78, 5) is 4.71. The van der Waals surface area contributed by atoms with Crippen LogP contribution in [-0.2, 0) is 13.5 Å². The van der Waals surface area contributed by atoms with E-state index in [9.17, 15) is 0 Å². The third-order valence-electron chi connectivity index (χ3n) is 3.90. The summed E-state index contributed by atoms with van der Waals surface area (Å²) in [7, 11) is 2.05. The molecule has 108 valence electrons. The molecular formula is C17H18IN3. The van der Waals surface area contributed by atoms with E-state index in [4.69, 9.17) is 10.7 Å². The lowest BCUT2D eigenvalue weighted by Crippen LogP contribution is -2.17. The van der Waals surface area contributed by atoms with Crippen molar-refractivity contribution in [2.45, 2.75) is 19.4 Å². The zero-order chi connectivity index (χ0) is 15.0. The van der Waals surface area contributed by atoms with Crippen LogP contribution < -0.4 is 5.73 Å². The largest absolute Gasteiger partial charge is 0.331 e. The maximum Gasteiger partial charge on any atom is 0.111 e. The molecule has 0 radical (unpaired) electrons. The van der Waals surface area contributed by atoms with E-state index in [0.29, 0.717) is 0 Å². The molecule has 1 aromatic heterocycles. The van der Waals surface area contributed by atoms with Crippen molar-refractivity contribution in [3.05, 3.63) is 63.0 Å². The number of aryl methyl sites for hydroxylation is 2. The fourth-order valence-corrected chi connectivity index (χ4v) is 3.40. The van der Waals surface area contributed by atoms with Crippen LogP contribution in [0.25, 0.3) is 11.0 Å². The van der Waals surface area contributed by atoms with Crippen LogP contribution in [0.4, 0.5) is 0 Å². The van der Waals surface area contributed by atoms with Gasteiger partial charge in [0.25, 0.3) is 0 Å². The Morgan fingerprint density at radius 2 is 1.95 bits per heavy atom. The van der Waals surface area contributed by atoms with Crippen LogP contribution in [0.3, 0.4) is 0 Å². The van der Waals surface area contributed by atoms with Crippen LogP contribution >= 0.6 is 22.6 Å². The first-order valence-electron chi connectivity index (χ1n) is 6.99. The Labute approximate surface area is 138 Å². The summed E-state index contributed by atoms with van der Waals surface area (Å²) in [5, 5.41) is 0. The molecule has 2 aromatic carbocycles. The average molecular weight is 391 g/mol. The number of imidazole rings is 1. The first-order valence-corrected chi connectivity index (χ1v) is 8.06. The van der Waals surface area contributed by atoms with E-state index in [1.807, 2.05) is 18.2 Å². The van der Waals surface area contributed by atoms with Crippen molar-refractivity contribution in [1.82, 2.24) is 9.55 Å². The molecule has 1 unspecified atom stereocenters. The zero-order valence-corrected chi connectivity index (χ0v) is 14.3. The molecule has 1 heterocycles. The van der Waals surface area contributed by atoms with Crippen molar-refractivity contribution >= 4 is 33.6 Å². The van der Waals surface area contributed by atoms with Crippen LogP contribution in [0.2, 0.25) is 0 Å². The minimum atomic E-state index is -0.0349. The van der Waals surface area contributed by atoms with Crippen LogP contribution in [-0.4, -0.2) is 9.55 Å². The molecule has 0 fully saturated rings. The molecule has 21 heavy (non-hydrogen) atoms. The Hall–Kier alpha value is -1.40. The molecule has 0 saturated heterocycles. The van der Waals surface area contributed by atoms with Crippen LogP contribution in [0, 0.1) is 10.5 Å². The first-order chi connectivity index (χ1) is 10.1. The normalized spacial score (nSPS) is 12.8. The molecule has 0 spiro atoms. The molecule has 3 rings (SSSR count). The van der Waals surface area contributed by atoms with Gasteiger partial charge in [0.15, 0.2) is 0 Å². The van der Waals surface area contributed by atoms with Crippen LogP contribution in [0.5, 0.6) is 0 Å². The van der Waals surface area contributed by atoms with E-state index in [-0.39, 0.29) is 6.04 Å². The number of fused-ring (bicyclic) bond motifs is 1. The van der Waals surface area contributed by atoms with Gasteiger partial charge < -0.3 is 10.3 Å². The van der Waals surface area contributed by atoms with Gasteiger partial charge in [-0.25, -0.2) is 4.98 Å². The Morgan fingerprint density at radius 3 is 2.71 bits per heavy atom. The number of aromatic nitrogens is 2. The van der Waals surface area contributed by atoms with Gasteiger partial charge in [-0.05, 0) is 52.8 Å². The highest BCUT2D eigenvalue weighted by Gasteiger charge is 2.15. The van der Waals surface area contributed by atoms with E-state index >= 15 is 0 Å². The molecule has 3 nitrogen and oxygen atoms in total. The number of rotatable bonds is 3. The zero-order valence-electron chi connectivity index (χ0n) is 12.2. The second kappa shape index (κ2) is 5.77. The summed E-state index contributed by atoms with van der Waals surface area (Å²) in [5.74, 6) is 1.03. The fraction of sp³-hybridized carbons (Fsp3) is 0.235. The van der Waals surface area contributed by atoms with Crippen LogP contribution in [0.15, 0.2) is 42.5 Å². The quantitative estimate of drug-likeness (QED) is 0.692. The second-order valence-electron chi connectivity index (χ2n) is 5.36. The highest BCUT2D eigenvalue weighted by molar-refractivity contribution is 14.1. The molecule has 0 amide bonds. The van der Waals surface area contributed by atoms with E-state index in [0.717, 1.165) is 23.3 Å². The summed E-state index contributed by atoms with van der Waals surface area (Å²) in [6, 6.07) is 14.5. The van der Waals surface area contributed by atoms with E-state index in [1.165, 1.54) is 14.7 Å². The van der Waals surface area contributed by atoms with Crippen molar-refractivity contribution in [2.75, 3.05) is 0 Å². The van der Waals surface area contributed by atoms with Gasteiger partial charge in [0.05, 0.1) is 11.0 Å². The molecular weight excluding hydrogens is 373 g/mol. The monoisotopic (exact) mass is 391 g/mol. The van der Waals surface area contributed by atoms with Gasteiger partial charge >= 0.3 is 0 Å². The number of hydrogen-bond donors (Lipinski definition) is 1. The van der Waals surface area contributed by atoms with Crippen molar-refractivity contribution in [2.24, 2.45) is 12.8 Å². The SMILES string of the molecule is Cc1cccc(C(N)Cc2nc3ccccc3n2C)c1I. The second-order valence-corrected chi connectivity index (χ2v) is 6.44. The maximum absolute atomic E-state index is 6.43. The summed E-state index contributed by atoms with van der Waals surface area (Å²) in [6.45, 7) is 2.12. The minimum Gasteiger partial charge on any atom is -0.331 e. The average Bonchev–Trinajstić information content (AvgIpc) is 2.79. The summed E-state index contributed by atoms with van der Waals surface area (Å²) in [5.41, 5.74) is 11.1. The molecule has 2 N–H and O–H groups in total. The Balaban J connectivity index is 1.94. The van der Waals surface area contributed by atoms with Gasteiger partial charge in [0, 0.05) is 23.1 Å². The Kier molecular flexibility index (Phi) is 3.99. The van der Waals surface area contributed by atoms with Gasteiger partial charge in [-0.2, -0.15) is 0 Å². The first kappa shape index (κ1) is 14.5. The standard InChI is InChI=1S/C17H18IN3/c1-11-6-5-7-12(17(11)18)13(19)10-16-20-14-8-3-4-9-15(14)21(16)2/h3-9,13H,10,19H2,1-2H3. The van der Waals surface area contributed by atoms with Gasteiger partial charge in [-0.15, -0.1) is 0 Å². The predicted molar refractivity (Wildman–Crippen MR) is 95.2 cm³/mol. The molecule has 0 aliphatic carbocycles. The topological polar surface area (TPSA) is 43.8 Å². The lowest BCUT2D eigenvalue weighted by molar-refractivity contribution is 0.662. The molecule has 0 aliphatic heterocycles. The maximum atomic E-state index is 6.43. The third kappa shape index (κ3) is 2.70. The third-order valence-corrected chi connectivity index (χ3v) is 5.38. The van der Waals surface area contributed by atoms with Gasteiger partial charge in [-0.1, -0.05) is 30.3 Å². The predicted octanol–water partition coefficient (Wildman–Crippen LogP) is 3.73. The molecule has 1 atom stereocenters.